The fourth-order valence-corrected chi connectivity index (χ4v) is 1.84. The van der Waals surface area contributed by atoms with Crippen molar-refractivity contribution >= 4 is 17.6 Å². The standard InChI is InChI=1S/C14H20N2O4/c1-4-7-14(2,15)13(19)16-11-8-9(20-3)5-6-10(11)12(17)18/h5-6,8H,4,7,15H2,1-3H3,(H,16,19)(H,17,18). The molecular weight excluding hydrogens is 260 g/mol. The van der Waals surface area contributed by atoms with Crippen molar-refractivity contribution in [1.29, 1.82) is 0 Å². The maximum Gasteiger partial charge on any atom is 0.337 e. The number of rotatable bonds is 6. The third kappa shape index (κ3) is 3.71. The van der Waals surface area contributed by atoms with Gasteiger partial charge in [-0.25, -0.2) is 4.79 Å². The second-order valence-electron chi connectivity index (χ2n) is 4.84. The van der Waals surface area contributed by atoms with E-state index < -0.39 is 17.4 Å². The maximum absolute atomic E-state index is 12.1. The summed E-state index contributed by atoms with van der Waals surface area (Å²) < 4.78 is 5.03. The van der Waals surface area contributed by atoms with E-state index in [1.165, 1.54) is 25.3 Å². The van der Waals surface area contributed by atoms with Crippen molar-refractivity contribution in [3.8, 4) is 5.75 Å². The van der Waals surface area contributed by atoms with E-state index in [9.17, 15) is 9.59 Å². The largest absolute Gasteiger partial charge is 0.497 e. The Hall–Kier alpha value is -2.08. The number of anilines is 1. The van der Waals surface area contributed by atoms with Crippen LogP contribution in [-0.2, 0) is 4.79 Å². The van der Waals surface area contributed by atoms with Gasteiger partial charge in [-0.1, -0.05) is 13.3 Å². The molecule has 0 aliphatic heterocycles. The van der Waals surface area contributed by atoms with Gasteiger partial charge in [0, 0.05) is 6.07 Å². The van der Waals surface area contributed by atoms with Crippen LogP contribution in [0.1, 0.15) is 37.0 Å². The molecule has 110 valence electrons. The highest BCUT2D eigenvalue weighted by Gasteiger charge is 2.28. The van der Waals surface area contributed by atoms with Crippen molar-refractivity contribution in [2.24, 2.45) is 5.73 Å². The Morgan fingerprint density at radius 2 is 2.10 bits per heavy atom. The van der Waals surface area contributed by atoms with Gasteiger partial charge in [0.1, 0.15) is 5.75 Å². The Labute approximate surface area is 117 Å². The number of nitrogens with two attached hydrogens (primary N) is 1. The van der Waals surface area contributed by atoms with Gasteiger partial charge in [0.05, 0.1) is 23.9 Å². The molecule has 1 rings (SSSR count). The minimum atomic E-state index is -1.13. The Morgan fingerprint density at radius 3 is 2.60 bits per heavy atom. The van der Waals surface area contributed by atoms with Crippen LogP contribution in [-0.4, -0.2) is 29.6 Å². The lowest BCUT2D eigenvalue weighted by Crippen LogP contribution is -2.48. The second kappa shape index (κ2) is 6.38. The average molecular weight is 280 g/mol. The zero-order chi connectivity index (χ0) is 15.3. The Bertz CT molecular complexity index is 512. The van der Waals surface area contributed by atoms with Crippen LogP contribution in [0, 0.1) is 0 Å². The molecule has 6 nitrogen and oxygen atoms in total. The lowest BCUT2D eigenvalue weighted by atomic mass is 9.96. The quantitative estimate of drug-likeness (QED) is 0.738. The summed E-state index contributed by atoms with van der Waals surface area (Å²) in [5, 5.41) is 11.7. The van der Waals surface area contributed by atoms with Gasteiger partial charge in [-0.05, 0) is 25.5 Å². The van der Waals surface area contributed by atoms with E-state index in [2.05, 4.69) is 5.32 Å². The van der Waals surface area contributed by atoms with Gasteiger partial charge < -0.3 is 20.9 Å². The number of aromatic carboxylic acids is 1. The van der Waals surface area contributed by atoms with E-state index in [4.69, 9.17) is 15.6 Å². The van der Waals surface area contributed by atoms with Crippen molar-refractivity contribution in [2.75, 3.05) is 12.4 Å². The molecule has 6 heteroatoms. The van der Waals surface area contributed by atoms with Crippen molar-refractivity contribution in [1.82, 2.24) is 0 Å². The predicted octanol–water partition coefficient (Wildman–Crippen LogP) is 1.85. The van der Waals surface area contributed by atoms with Crippen LogP contribution in [0.25, 0.3) is 0 Å². The molecule has 1 atom stereocenters. The molecule has 20 heavy (non-hydrogen) atoms. The fourth-order valence-electron chi connectivity index (χ4n) is 1.84. The first-order valence-corrected chi connectivity index (χ1v) is 6.33. The normalized spacial score (nSPS) is 13.4. The van der Waals surface area contributed by atoms with Crippen molar-refractivity contribution < 1.29 is 19.4 Å². The van der Waals surface area contributed by atoms with Gasteiger partial charge in [-0.15, -0.1) is 0 Å². The molecule has 0 fully saturated rings. The number of carboxylic acid groups (broad SMARTS) is 1. The van der Waals surface area contributed by atoms with Gasteiger partial charge in [0.25, 0.3) is 0 Å². The summed E-state index contributed by atoms with van der Waals surface area (Å²) in [6, 6.07) is 4.36. The summed E-state index contributed by atoms with van der Waals surface area (Å²) in [5.74, 6) is -1.09. The fraction of sp³-hybridized carbons (Fsp3) is 0.429. The number of carbonyl (C=O) groups excluding carboxylic acids is 1. The Kier molecular flexibility index (Phi) is 5.10. The molecule has 0 aliphatic rings. The molecular formula is C14H20N2O4. The highest BCUT2D eigenvalue weighted by molar-refractivity contribution is 6.03. The smallest absolute Gasteiger partial charge is 0.337 e. The minimum absolute atomic E-state index is 0.00792. The molecule has 0 aliphatic carbocycles. The van der Waals surface area contributed by atoms with E-state index in [0.29, 0.717) is 12.2 Å². The zero-order valence-corrected chi connectivity index (χ0v) is 11.9. The molecule has 0 heterocycles. The molecule has 4 N–H and O–H groups in total. The molecule has 1 unspecified atom stereocenters. The SMILES string of the molecule is CCCC(C)(N)C(=O)Nc1cc(OC)ccc1C(=O)O. The lowest BCUT2D eigenvalue weighted by Gasteiger charge is -2.23. The van der Waals surface area contributed by atoms with Crippen LogP contribution in [0.5, 0.6) is 5.75 Å². The van der Waals surface area contributed by atoms with Crippen LogP contribution in [0.15, 0.2) is 18.2 Å². The van der Waals surface area contributed by atoms with Gasteiger partial charge in [-0.3, -0.25) is 4.79 Å². The number of ether oxygens (including phenoxy) is 1. The van der Waals surface area contributed by atoms with Crippen LogP contribution in [0.2, 0.25) is 0 Å². The Morgan fingerprint density at radius 1 is 1.45 bits per heavy atom. The number of amides is 1. The van der Waals surface area contributed by atoms with Gasteiger partial charge in [0.2, 0.25) is 5.91 Å². The highest BCUT2D eigenvalue weighted by Crippen LogP contribution is 2.24. The number of hydrogen-bond acceptors (Lipinski definition) is 4. The summed E-state index contributed by atoms with van der Waals surface area (Å²) in [6.07, 6.45) is 1.26. The monoisotopic (exact) mass is 280 g/mol. The minimum Gasteiger partial charge on any atom is -0.497 e. The molecule has 1 amide bonds. The van der Waals surface area contributed by atoms with Crippen LogP contribution >= 0.6 is 0 Å². The summed E-state index contributed by atoms with van der Waals surface area (Å²) in [5.41, 5.74) is 5.04. The number of hydrogen-bond donors (Lipinski definition) is 3. The molecule has 1 aromatic rings. The van der Waals surface area contributed by atoms with Crippen LogP contribution in [0.4, 0.5) is 5.69 Å². The third-order valence-corrected chi connectivity index (χ3v) is 2.99. The van der Waals surface area contributed by atoms with E-state index in [1.807, 2.05) is 6.92 Å². The number of nitrogens with one attached hydrogen (secondary N) is 1. The second-order valence-corrected chi connectivity index (χ2v) is 4.84. The molecule has 0 radical (unpaired) electrons. The van der Waals surface area contributed by atoms with Gasteiger partial charge >= 0.3 is 5.97 Å². The van der Waals surface area contributed by atoms with Crippen LogP contribution < -0.4 is 15.8 Å². The lowest BCUT2D eigenvalue weighted by molar-refractivity contribution is -0.120. The molecule has 0 spiro atoms. The number of methoxy groups -OCH3 is 1. The van der Waals surface area contributed by atoms with E-state index in [0.717, 1.165) is 6.42 Å². The molecule has 0 saturated carbocycles. The molecule has 0 saturated heterocycles. The Balaban J connectivity index is 3.06. The predicted molar refractivity (Wildman–Crippen MR) is 76.1 cm³/mol. The topological polar surface area (TPSA) is 102 Å². The number of carboxylic acids is 1. The van der Waals surface area contributed by atoms with E-state index in [-0.39, 0.29) is 11.3 Å². The summed E-state index contributed by atoms with van der Waals surface area (Å²) in [7, 11) is 1.46. The van der Waals surface area contributed by atoms with Crippen molar-refractivity contribution in [3.05, 3.63) is 23.8 Å². The summed E-state index contributed by atoms with van der Waals surface area (Å²) in [6.45, 7) is 3.54. The summed E-state index contributed by atoms with van der Waals surface area (Å²) in [4.78, 5) is 23.3. The van der Waals surface area contributed by atoms with E-state index >= 15 is 0 Å². The third-order valence-electron chi connectivity index (χ3n) is 2.99. The molecule has 1 aromatic carbocycles. The summed E-state index contributed by atoms with van der Waals surface area (Å²) >= 11 is 0. The van der Waals surface area contributed by atoms with E-state index in [1.54, 1.807) is 6.92 Å². The number of carbonyl (C=O) groups is 2. The maximum atomic E-state index is 12.1. The van der Waals surface area contributed by atoms with Crippen molar-refractivity contribution in [2.45, 2.75) is 32.2 Å². The van der Waals surface area contributed by atoms with Crippen molar-refractivity contribution in [3.63, 3.8) is 0 Å². The first-order valence-electron chi connectivity index (χ1n) is 6.33. The van der Waals surface area contributed by atoms with Gasteiger partial charge in [0.15, 0.2) is 0 Å². The highest BCUT2D eigenvalue weighted by atomic mass is 16.5. The zero-order valence-electron chi connectivity index (χ0n) is 11.9. The molecule has 0 bridgehead atoms. The first-order chi connectivity index (χ1) is 9.31. The first kappa shape index (κ1) is 16.0. The molecule has 0 aromatic heterocycles. The average Bonchev–Trinajstić information content (AvgIpc) is 2.38. The van der Waals surface area contributed by atoms with Gasteiger partial charge in [-0.2, -0.15) is 0 Å². The van der Waals surface area contributed by atoms with Crippen LogP contribution in [0.3, 0.4) is 0 Å². The number of benzene rings is 1.